The SMILES string of the molecule is COc1cc2[nH]c3cc(Oc4ccc(CN5CCOCC5)cc4)ccc3c(=O)c2cc1Cl. The zero-order valence-electron chi connectivity index (χ0n) is 17.7. The first-order valence-corrected chi connectivity index (χ1v) is 10.9. The Morgan fingerprint density at radius 1 is 0.969 bits per heavy atom. The van der Waals surface area contributed by atoms with Gasteiger partial charge in [0.2, 0.25) is 0 Å². The van der Waals surface area contributed by atoms with Crippen LogP contribution in [0.15, 0.2) is 59.4 Å². The molecule has 4 aromatic rings. The Hall–Kier alpha value is -3.06. The number of rotatable bonds is 5. The number of halogens is 1. The van der Waals surface area contributed by atoms with Gasteiger partial charge in [0, 0.05) is 42.5 Å². The highest BCUT2D eigenvalue weighted by molar-refractivity contribution is 6.32. The fourth-order valence-electron chi connectivity index (χ4n) is 4.00. The van der Waals surface area contributed by atoms with Crippen LogP contribution in [0, 0.1) is 0 Å². The van der Waals surface area contributed by atoms with Crippen molar-refractivity contribution < 1.29 is 14.2 Å². The average molecular weight is 451 g/mol. The molecular weight excluding hydrogens is 428 g/mol. The van der Waals surface area contributed by atoms with Crippen molar-refractivity contribution >= 4 is 33.4 Å². The number of pyridine rings is 1. The van der Waals surface area contributed by atoms with E-state index >= 15 is 0 Å². The molecule has 1 fully saturated rings. The number of fused-ring (bicyclic) bond motifs is 2. The van der Waals surface area contributed by atoms with E-state index in [1.165, 1.54) is 5.56 Å². The molecule has 5 rings (SSSR count). The molecule has 0 saturated carbocycles. The van der Waals surface area contributed by atoms with Crippen LogP contribution in [0.1, 0.15) is 5.56 Å². The number of benzene rings is 3. The molecule has 1 N–H and O–H groups in total. The number of ether oxygens (including phenoxy) is 3. The minimum atomic E-state index is -0.0858. The summed E-state index contributed by atoms with van der Waals surface area (Å²) in [6.45, 7) is 4.41. The maximum absolute atomic E-state index is 12.9. The Labute approximate surface area is 190 Å². The van der Waals surface area contributed by atoms with Crippen molar-refractivity contribution in [2.45, 2.75) is 6.54 Å². The third-order valence-electron chi connectivity index (χ3n) is 5.71. The summed E-state index contributed by atoms with van der Waals surface area (Å²) in [7, 11) is 1.55. The van der Waals surface area contributed by atoms with Crippen molar-refractivity contribution in [3.8, 4) is 17.2 Å². The zero-order chi connectivity index (χ0) is 22.1. The van der Waals surface area contributed by atoms with E-state index in [4.69, 9.17) is 25.8 Å². The molecule has 1 aromatic heterocycles. The van der Waals surface area contributed by atoms with E-state index in [9.17, 15) is 4.79 Å². The minimum Gasteiger partial charge on any atom is -0.495 e. The largest absolute Gasteiger partial charge is 0.495 e. The first-order valence-electron chi connectivity index (χ1n) is 10.5. The molecule has 0 bridgehead atoms. The lowest BCUT2D eigenvalue weighted by molar-refractivity contribution is 0.0342. The fourth-order valence-corrected chi connectivity index (χ4v) is 4.24. The van der Waals surface area contributed by atoms with Crippen LogP contribution >= 0.6 is 11.6 Å². The third kappa shape index (κ3) is 4.17. The highest BCUT2D eigenvalue weighted by Gasteiger charge is 2.12. The van der Waals surface area contributed by atoms with Crippen LogP contribution in [-0.2, 0) is 11.3 Å². The van der Waals surface area contributed by atoms with Crippen molar-refractivity contribution in [1.82, 2.24) is 9.88 Å². The Morgan fingerprint density at radius 3 is 2.44 bits per heavy atom. The van der Waals surface area contributed by atoms with Crippen molar-refractivity contribution in [3.63, 3.8) is 0 Å². The lowest BCUT2D eigenvalue weighted by Gasteiger charge is -2.26. The van der Waals surface area contributed by atoms with Gasteiger partial charge in [-0.2, -0.15) is 0 Å². The van der Waals surface area contributed by atoms with Gasteiger partial charge in [0.15, 0.2) is 5.43 Å². The molecule has 0 atom stereocenters. The molecule has 7 heteroatoms. The molecule has 1 aliphatic heterocycles. The highest BCUT2D eigenvalue weighted by atomic mass is 35.5. The predicted octanol–water partition coefficient (Wildman–Crippen LogP) is 4.97. The summed E-state index contributed by atoms with van der Waals surface area (Å²) in [5, 5.41) is 1.50. The van der Waals surface area contributed by atoms with Gasteiger partial charge in [0.05, 0.1) is 36.4 Å². The number of aromatic amines is 1. The molecule has 3 aromatic carbocycles. The molecule has 6 nitrogen and oxygen atoms in total. The molecule has 1 saturated heterocycles. The van der Waals surface area contributed by atoms with Crippen molar-refractivity contribution in [1.29, 1.82) is 0 Å². The molecule has 164 valence electrons. The number of nitrogens with one attached hydrogen (secondary N) is 1. The fraction of sp³-hybridized carbons (Fsp3) is 0.240. The predicted molar refractivity (Wildman–Crippen MR) is 126 cm³/mol. The molecule has 32 heavy (non-hydrogen) atoms. The number of methoxy groups -OCH3 is 1. The maximum atomic E-state index is 12.9. The quantitative estimate of drug-likeness (QED) is 0.435. The normalized spacial score (nSPS) is 14.7. The van der Waals surface area contributed by atoms with Crippen LogP contribution < -0.4 is 14.9 Å². The Bertz CT molecular complexity index is 1330. The van der Waals surface area contributed by atoms with Crippen LogP contribution in [-0.4, -0.2) is 43.3 Å². The summed E-state index contributed by atoms with van der Waals surface area (Å²) >= 11 is 6.20. The molecular formula is C25H23ClN2O4. The first kappa shape index (κ1) is 20.8. The Morgan fingerprint density at radius 2 is 1.69 bits per heavy atom. The third-order valence-corrected chi connectivity index (χ3v) is 6.01. The van der Waals surface area contributed by atoms with Crippen molar-refractivity contribution in [3.05, 3.63) is 75.4 Å². The van der Waals surface area contributed by atoms with Gasteiger partial charge in [-0.05, 0) is 35.9 Å². The first-order chi connectivity index (χ1) is 15.6. The van der Waals surface area contributed by atoms with E-state index in [0.717, 1.165) is 38.6 Å². The van der Waals surface area contributed by atoms with Crippen molar-refractivity contribution in [2.24, 2.45) is 0 Å². The Kier molecular flexibility index (Phi) is 5.74. The number of hydrogen-bond donors (Lipinski definition) is 1. The van der Waals surface area contributed by atoms with Gasteiger partial charge in [-0.15, -0.1) is 0 Å². The second kappa shape index (κ2) is 8.82. The summed E-state index contributed by atoms with van der Waals surface area (Å²) in [4.78, 5) is 18.6. The van der Waals surface area contributed by atoms with E-state index in [2.05, 4.69) is 22.0 Å². The summed E-state index contributed by atoms with van der Waals surface area (Å²) < 4.78 is 16.7. The second-order valence-corrected chi connectivity index (χ2v) is 8.24. The van der Waals surface area contributed by atoms with E-state index in [1.54, 1.807) is 31.4 Å². The number of hydrogen-bond acceptors (Lipinski definition) is 5. The van der Waals surface area contributed by atoms with Gasteiger partial charge in [0.25, 0.3) is 0 Å². The van der Waals surface area contributed by atoms with Crippen LogP contribution in [0.2, 0.25) is 5.02 Å². The molecule has 1 aliphatic rings. The summed E-state index contributed by atoms with van der Waals surface area (Å²) in [6, 6.07) is 16.9. The summed E-state index contributed by atoms with van der Waals surface area (Å²) in [6.07, 6.45) is 0. The number of morpholine rings is 1. The molecule has 0 aliphatic carbocycles. The van der Waals surface area contributed by atoms with Gasteiger partial charge < -0.3 is 19.2 Å². The molecule has 2 heterocycles. The van der Waals surface area contributed by atoms with Crippen LogP contribution in [0.25, 0.3) is 21.8 Å². The van der Waals surface area contributed by atoms with Crippen LogP contribution in [0.3, 0.4) is 0 Å². The smallest absolute Gasteiger partial charge is 0.197 e. The summed E-state index contributed by atoms with van der Waals surface area (Å²) in [5.41, 5.74) is 2.50. The Balaban J connectivity index is 1.40. The van der Waals surface area contributed by atoms with Gasteiger partial charge in [-0.3, -0.25) is 9.69 Å². The zero-order valence-corrected chi connectivity index (χ0v) is 18.4. The lowest BCUT2D eigenvalue weighted by atomic mass is 10.1. The monoisotopic (exact) mass is 450 g/mol. The number of nitrogens with zero attached hydrogens (tertiary/aromatic N) is 1. The average Bonchev–Trinajstić information content (AvgIpc) is 2.81. The lowest BCUT2D eigenvalue weighted by Crippen LogP contribution is -2.35. The maximum Gasteiger partial charge on any atom is 0.197 e. The second-order valence-electron chi connectivity index (χ2n) is 7.83. The van der Waals surface area contributed by atoms with Crippen molar-refractivity contribution in [2.75, 3.05) is 33.4 Å². The van der Waals surface area contributed by atoms with Crippen LogP contribution in [0.5, 0.6) is 17.2 Å². The topological polar surface area (TPSA) is 63.8 Å². The van der Waals surface area contributed by atoms with E-state index in [0.29, 0.717) is 38.3 Å². The highest BCUT2D eigenvalue weighted by Crippen LogP contribution is 2.30. The van der Waals surface area contributed by atoms with Gasteiger partial charge in [-0.25, -0.2) is 0 Å². The number of H-pyrrole nitrogens is 1. The van der Waals surface area contributed by atoms with E-state index in [-0.39, 0.29) is 5.43 Å². The van der Waals surface area contributed by atoms with Gasteiger partial charge in [-0.1, -0.05) is 23.7 Å². The molecule has 0 amide bonds. The van der Waals surface area contributed by atoms with Gasteiger partial charge >= 0.3 is 0 Å². The van der Waals surface area contributed by atoms with Gasteiger partial charge in [0.1, 0.15) is 17.2 Å². The molecule has 0 radical (unpaired) electrons. The van der Waals surface area contributed by atoms with E-state index in [1.807, 2.05) is 18.2 Å². The minimum absolute atomic E-state index is 0.0858. The number of aromatic nitrogens is 1. The molecule has 0 unspecified atom stereocenters. The van der Waals surface area contributed by atoms with Crippen LogP contribution in [0.4, 0.5) is 0 Å². The summed E-state index contributed by atoms with van der Waals surface area (Å²) in [5.74, 6) is 1.90. The molecule has 0 spiro atoms. The standard InChI is InChI=1S/C25H23ClN2O4/c1-30-24-14-23-20(13-21(24)26)25(29)19-7-6-18(12-22(19)27-23)32-17-4-2-16(3-5-17)15-28-8-10-31-11-9-28/h2-7,12-14H,8-11,15H2,1H3,(H,27,29). The van der Waals surface area contributed by atoms with E-state index < -0.39 is 0 Å².